The molecule has 132 valence electrons. The average molecular weight is 366 g/mol. The molecule has 0 aliphatic carbocycles. The van der Waals surface area contributed by atoms with E-state index in [0.717, 1.165) is 11.8 Å². The minimum absolute atomic E-state index is 0.0136. The molecule has 2 rings (SSSR count). The van der Waals surface area contributed by atoms with E-state index in [1.165, 1.54) is 18.4 Å². The molecule has 2 N–H and O–H groups in total. The van der Waals surface area contributed by atoms with Crippen LogP contribution in [0.4, 0.5) is 10.6 Å². The third-order valence-corrected chi connectivity index (χ3v) is 2.96. The number of carbonyl (C=O) groups is 3. The standard InChI is InChI=1S/C14H14N4O6S/c1-3-23-12(20)8-7-10(18(17-8)14(21)22-2)15-13(25)16-11(19)9-5-4-6-24-9/h4-7H,3H2,1-2H3,(H2,15,16,19,25). The first-order chi connectivity index (χ1) is 12.0. The van der Waals surface area contributed by atoms with Gasteiger partial charge in [-0.3, -0.25) is 10.1 Å². The van der Waals surface area contributed by atoms with Crippen LogP contribution in [-0.2, 0) is 9.47 Å². The predicted molar refractivity (Wildman–Crippen MR) is 88.4 cm³/mol. The van der Waals surface area contributed by atoms with Gasteiger partial charge in [0, 0.05) is 6.07 Å². The molecular formula is C14H14N4O6S. The molecule has 0 aliphatic heterocycles. The van der Waals surface area contributed by atoms with E-state index in [1.807, 2.05) is 0 Å². The van der Waals surface area contributed by atoms with Crippen LogP contribution in [0.15, 0.2) is 28.9 Å². The van der Waals surface area contributed by atoms with Crippen molar-refractivity contribution in [2.45, 2.75) is 6.92 Å². The van der Waals surface area contributed by atoms with Crippen LogP contribution in [0.5, 0.6) is 0 Å². The number of nitrogens with zero attached hydrogens (tertiary/aromatic N) is 2. The predicted octanol–water partition coefficient (Wildman–Crippen LogP) is 1.39. The zero-order chi connectivity index (χ0) is 18.4. The van der Waals surface area contributed by atoms with Crippen LogP contribution in [0.3, 0.4) is 0 Å². The Kier molecular flexibility index (Phi) is 5.84. The lowest BCUT2D eigenvalue weighted by atomic mass is 10.4. The molecule has 0 atom stereocenters. The second kappa shape index (κ2) is 8.06. The highest BCUT2D eigenvalue weighted by atomic mass is 32.1. The summed E-state index contributed by atoms with van der Waals surface area (Å²) < 4.78 is 15.1. The smallest absolute Gasteiger partial charge is 0.436 e. The quantitative estimate of drug-likeness (QED) is 0.610. The summed E-state index contributed by atoms with van der Waals surface area (Å²) in [5.74, 6) is -1.24. The summed E-state index contributed by atoms with van der Waals surface area (Å²) in [6.07, 6.45) is 0.474. The molecule has 11 heteroatoms. The van der Waals surface area contributed by atoms with Crippen LogP contribution < -0.4 is 10.6 Å². The molecule has 25 heavy (non-hydrogen) atoms. The fourth-order valence-corrected chi connectivity index (χ4v) is 1.92. The lowest BCUT2D eigenvalue weighted by molar-refractivity contribution is 0.0518. The van der Waals surface area contributed by atoms with Crippen molar-refractivity contribution in [1.29, 1.82) is 0 Å². The van der Waals surface area contributed by atoms with E-state index in [0.29, 0.717) is 0 Å². The van der Waals surface area contributed by atoms with Crippen LogP contribution in [0.1, 0.15) is 28.0 Å². The number of amides is 1. The number of nitrogens with one attached hydrogen (secondary N) is 2. The summed E-state index contributed by atoms with van der Waals surface area (Å²) in [6, 6.07) is 4.24. The molecule has 0 saturated carbocycles. The summed E-state index contributed by atoms with van der Waals surface area (Å²) in [6.45, 7) is 1.78. The molecule has 0 fully saturated rings. The zero-order valence-electron chi connectivity index (χ0n) is 13.3. The first-order valence-electron chi connectivity index (χ1n) is 6.97. The minimum atomic E-state index is -0.863. The van der Waals surface area contributed by atoms with Gasteiger partial charge in [0.2, 0.25) is 0 Å². The van der Waals surface area contributed by atoms with Gasteiger partial charge in [-0.2, -0.15) is 5.10 Å². The first kappa shape index (κ1) is 18.1. The molecular weight excluding hydrogens is 352 g/mol. The second-order valence-corrected chi connectivity index (χ2v) is 4.81. The number of hydrogen-bond donors (Lipinski definition) is 2. The number of methoxy groups -OCH3 is 1. The molecule has 0 bridgehead atoms. The van der Waals surface area contributed by atoms with E-state index in [2.05, 4.69) is 20.5 Å². The van der Waals surface area contributed by atoms with E-state index in [4.69, 9.17) is 21.4 Å². The first-order valence-corrected chi connectivity index (χ1v) is 7.38. The second-order valence-electron chi connectivity index (χ2n) is 4.40. The van der Waals surface area contributed by atoms with Crippen molar-refractivity contribution in [3.05, 3.63) is 35.9 Å². The van der Waals surface area contributed by atoms with Crippen molar-refractivity contribution < 1.29 is 28.3 Å². The average Bonchev–Trinajstić information content (AvgIpc) is 3.24. The lowest BCUT2D eigenvalue weighted by Crippen LogP contribution is -2.35. The largest absolute Gasteiger partial charge is 0.461 e. The minimum Gasteiger partial charge on any atom is -0.461 e. The van der Waals surface area contributed by atoms with Gasteiger partial charge >= 0.3 is 12.1 Å². The summed E-state index contributed by atoms with van der Waals surface area (Å²) in [5, 5.41) is 8.60. The van der Waals surface area contributed by atoms with E-state index in [-0.39, 0.29) is 29.0 Å². The number of furan rings is 1. The number of esters is 1. The molecule has 0 aromatic carbocycles. The van der Waals surface area contributed by atoms with Gasteiger partial charge in [-0.1, -0.05) is 0 Å². The summed E-state index contributed by atoms with van der Waals surface area (Å²) in [4.78, 5) is 35.4. The zero-order valence-corrected chi connectivity index (χ0v) is 14.1. The van der Waals surface area contributed by atoms with Crippen molar-refractivity contribution in [3.8, 4) is 0 Å². The van der Waals surface area contributed by atoms with Gasteiger partial charge < -0.3 is 19.2 Å². The van der Waals surface area contributed by atoms with E-state index >= 15 is 0 Å². The number of thiocarbonyl (C=S) groups is 1. The number of rotatable bonds is 4. The maximum absolute atomic E-state index is 11.9. The Morgan fingerprint density at radius 2 is 2.16 bits per heavy atom. The Morgan fingerprint density at radius 1 is 1.40 bits per heavy atom. The topological polar surface area (TPSA) is 125 Å². The maximum atomic E-state index is 11.9. The van der Waals surface area contributed by atoms with Crippen molar-refractivity contribution in [2.24, 2.45) is 0 Å². The highest BCUT2D eigenvalue weighted by Crippen LogP contribution is 2.13. The van der Waals surface area contributed by atoms with Gasteiger partial charge in [-0.25, -0.2) is 9.59 Å². The van der Waals surface area contributed by atoms with E-state index in [1.54, 1.807) is 13.0 Å². The van der Waals surface area contributed by atoms with E-state index < -0.39 is 18.0 Å². The molecule has 0 spiro atoms. The highest BCUT2D eigenvalue weighted by Gasteiger charge is 2.21. The Bertz CT molecular complexity index is 798. The molecule has 0 radical (unpaired) electrons. The van der Waals surface area contributed by atoms with Gasteiger partial charge in [-0.15, -0.1) is 4.68 Å². The highest BCUT2D eigenvalue weighted by molar-refractivity contribution is 7.80. The number of carbonyl (C=O) groups excluding carboxylic acids is 3. The van der Waals surface area contributed by atoms with Crippen LogP contribution >= 0.6 is 12.2 Å². The Labute approximate surface area is 147 Å². The number of ether oxygens (including phenoxy) is 2. The van der Waals surface area contributed by atoms with Crippen molar-refractivity contribution >= 4 is 41.1 Å². The Balaban J connectivity index is 2.16. The molecule has 2 aromatic heterocycles. The molecule has 10 nitrogen and oxygen atoms in total. The van der Waals surface area contributed by atoms with Crippen LogP contribution in [0.2, 0.25) is 0 Å². The number of anilines is 1. The van der Waals surface area contributed by atoms with Gasteiger partial charge in [0.15, 0.2) is 16.6 Å². The molecule has 1 amide bonds. The summed E-state index contributed by atoms with van der Waals surface area (Å²) in [7, 11) is 1.15. The Hall–Kier alpha value is -3.21. The molecule has 2 heterocycles. The SMILES string of the molecule is CCOC(=O)c1cc(NC(=S)NC(=O)c2ccco2)n(C(=O)OC)n1. The summed E-state index contributed by atoms with van der Waals surface area (Å²) in [5.41, 5.74) is -0.130. The fraction of sp³-hybridized carbons (Fsp3) is 0.214. The van der Waals surface area contributed by atoms with E-state index in [9.17, 15) is 14.4 Å². The number of aromatic nitrogens is 2. The van der Waals surface area contributed by atoms with Gasteiger partial charge in [0.25, 0.3) is 5.91 Å². The molecule has 0 saturated heterocycles. The van der Waals surface area contributed by atoms with Crippen molar-refractivity contribution in [2.75, 3.05) is 19.0 Å². The monoisotopic (exact) mass is 366 g/mol. The van der Waals surface area contributed by atoms with Crippen LogP contribution in [0, 0.1) is 0 Å². The van der Waals surface area contributed by atoms with Gasteiger partial charge in [0.1, 0.15) is 5.82 Å². The van der Waals surface area contributed by atoms with Crippen LogP contribution in [-0.4, -0.2) is 46.6 Å². The van der Waals surface area contributed by atoms with Crippen LogP contribution in [0.25, 0.3) is 0 Å². The summed E-state index contributed by atoms with van der Waals surface area (Å²) >= 11 is 5.00. The maximum Gasteiger partial charge on any atom is 0.436 e. The molecule has 0 unspecified atom stereocenters. The van der Waals surface area contributed by atoms with Gasteiger partial charge in [-0.05, 0) is 31.3 Å². The number of hydrogen-bond acceptors (Lipinski definition) is 8. The normalized spacial score (nSPS) is 10.0. The molecule has 0 aliphatic rings. The Morgan fingerprint density at radius 3 is 2.76 bits per heavy atom. The lowest BCUT2D eigenvalue weighted by Gasteiger charge is -2.09. The third kappa shape index (κ3) is 4.41. The van der Waals surface area contributed by atoms with Crippen molar-refractivity contribution in [3.63, 3.8) is 0 Å². The van der Waals surface area contributed by atoms with Gasteiger partial charge in [0.05, 0.1) is 20.0 Å². The van der Waals surface area contributed by atoms with Crippen molar-refractivity contribution in [1.82, 2.24) is 15.1 Å². The molecule has 2 aromatic rings. The fourth-order valence-electron chi connectivity index (χ4n) is 1.72. The third-order valence-electron chi connectivity index (χ3n) is 2.76.